The molecule has 12 heteroatoms. The third-order valence-corrected chi connectivity index (χ3v) is 8.00. The van der Waals surface area contributed by atoms with E-state index in [1.807, 2.05) is 10.6 Å². The van der Waals surface area contributed by atoms with Gasteiger partial charge in [-0.1, -0.05) is 22.9 Å². The fourth-order valence-electron chi connectivity index (χ4n) is 3.15. The first kappa shape index (κ1) is 20.9. The summed E-state index contributed by atoms with van der Waals surface area (Å²) in [5.41, 5.74) is 2.57. The molecule has 3 aromatic heterocycles. The predicted octanol–water partition coefficient (Wildman–Crippen LogP) is 3.36. The summed E-state index contributed by atoms with van der Waals surface area (Å²) in [6.45, 7) is 0.135. The van der Waals surface area contributed by atoms with Crippen molar-refractivity contribution >= 4 is 55.6 Å². The Morgan fingerprint density at radius 2 is 2.03 bits per heavy atom. The molecule has 0 aliphatic heterocycles. The first-order chi connectivity index (χ1) is 15.4. The number of sulfonamides is 1. The van der Waals surface area contributed by atoms with Crippen LogP contribution in [-0.2, 0) is 16.6 Å². The van der Waals surface area contributed by atoms with Crippen LogP contribution in [0.4, 0.5) is 5.69 Å². The highest BCUT2D eigenvalue weighted by Gasteiger charge is 2.35. The Morgan fingerprint density at radius 3 is 2.84 bits per heavy atom. The lowest BCUT2D eigenvalue weighted by atomic mass is 10.3. The van der Waals surface area contributed by atoms with Crippen LogP contribution < -0.4 is 10.0 Å². The van der Waals surface area contributed by atoms with Gasteiger partial charge in [0.15, 0.2) is 5.01 Å². The average molecular weight is 489 g/mol. The number of halogens is 1. The Bertz CT molecular complexity index is 1430. The van der Waals surface area contributed by atoms with Crippen molar-refractivity contribution in [3.8, 4) is 5.00 Å². The molecule has 0 atom stereocenters. The molecule has 3 heterocycles. The SMILES string of the molecule is O=C(NCc1cc(NS(=O)(=O)C2CC2)ccn1)c1ncc(-n2cnc3ccc(Cl)cc32)s1. The van der Waals surface area contributed by atoms with E-state index in [1.54, 1.807) is 36.8 Å². The number of benzene rings is 1. The van der Waals surface area contributed by atoms with E-state index < -0.39 is 10.0 Å². The van der Waals surface area contributed by atoms with Gasteiger partial charge in [0.25, 0.3) is 5.91 Å². The number of rotatable bonds is 7. The van der Waals surface area contributed by atoms with E-state index in [4.69, 9.17) is 11.6 Å². The number of carbonyl (C=O) groups excluding carboxylic acids is 1. The first-order valence-electron chi connectivity index (χ1n) is 9.73. The molecule has 32 heavy (non-hydrogen) atoms. The van der Waals surface area contributed by atoms with Crippen LogP contribution in [-0.4, -0.2) is 39.1 Å². The highest BCUT2D eigenvalue weighted by atomic mass is 35.5. The molecule has 4 aromatic rings. The van der Waals surface area contributed by atoms with Crippen LogP contribution in [0.1, 0.15) is 28.3 Å². The van der Waals surface area contributed by atoms with Gasteiger partial charge in [-0.3, -0.25) is 19.1 Å². The topological polar surface area (TPSA) is 119 Å². The molecule has 0 bridgehead atoms. The van der Waals surface area contributed by atoms with E-state index in [9.17, 15) is 13.2 Å². The van der Waals surface area contributed by atoms with Crippen LogP contribution in [0.25, 0.3) is 16.0 Å². The van der Waals surface area contributed by atoms with E-state index in [0.29, 0.717) is 29.2 Å². The van der Waals surface area contributed by atoms with Gasteiger partial charge in [0.2, 0.25) is 10.0 Å². The lowest BCUT2D eigenvalue weighted by Gasteiger charge is -2.08. The van der Waals surface area contributed by atoms with E-state index in [2.05, 4.69) is 25.0 Å². The second-order valence-electron chi connectivity index (χ2n) is 7.32. The average Bonchev–Trinajstić information content (AvgIpc) is 3.39. The molecule has 1 aliphatic rings. The number of imidazole rings is 1. The molecule has 1 saturated carbocycles. The Morgan fingerprint density at radius 1 is 1.19 bits per heavy atom. The minimum absolute atomic E-state index is 0.135. The summed E-state index contributed by atoms with van der Waals surface area (Å²) in [7, 11) is -3.36. The van der Waals surface area contributed by atoms with Crippen molar-refractivity contribution in [1.82, 2.24) is 24.8 Å². The third kappa shape index (κ3) is 4.31. The number of nitrogens with one attached hydrogen (secondary N) is 2. The molecular weight excluding hydrogens is 472 g/mol. The predicted molar refractivity (Wildman–Crippen MR) is 123 cm³/mol. The second-order valence-corrected chi connectivity index (χ2v) is 10.7. The van der Waals surface area contributed by atoms with Gasteiger partial charge in [-0.2, -0.15) is 0 Å². The molecule has 5 rings (SSSR count). The molecular formula is C20H17ClN6O3S2. The number of hydrogen-bond acceptors (Lipinski definition) is 7. The fraction of sp³-hybridized carbons (Fsp3) is 0.200. The van der Waals surface area contributed by atoms with Crippen LogP contribution in [0.15, 0.2) is 49.1 Å². The summed E-state index contributed by atoms with van der Waals surface area (Å²) in [5, 5.41) is 4.06. The zero-order valence-corrected chi connectivity index (χ0v) is 18.9. The van der Waals surface area contributed by atoms with Crippen molar-refractivity contribution in [3.63, 3.8) is 0 Å². The summed E-state index contributed by atoms with van der Waals surface area (Å²) < 4.78 is 28.6. The van der Waals surface area contributed by atoms with Gasteiger partial charge in [-0.05, 0) is 43.2 Å². The summed E-state index contributed by atoms with van der Waals surface area (Å²) in [6, 6.07) is 8.59. The largest absolute Gasteiger partial charge is 0.344 e. The number of fused-ring (bicyclic) bond motifs is 1. The summed E-state index contributed by atoms with van der Waals surface area (Å²) >= 11 is 7.31. The molecule has 0 radical (unpaired) electrons. The standard InChI is InChI=1S/C20H17ClN6O3S2/c21-12-1-4-16-17(7-12)27(11-25-16)18-10-24-20(31-18)19(28)23-9-14-8-13(5-6-22-14)26-32(29,30)15-2-3-15/h1,4-8,10-11,15H,2-3,9H2,(H,22,26)(H,23,28). The molecule has 1 amide bonds. The molecule has 0 spiro atoms. The maximum atomic E-state index is 12.6. The van der Waals surface area contributed by atoms with Gasteiger partial charge in [0.05, 0.1) is 40.4 Å². The quantitative estimate of drug-likeness (QED) is 0.411. The number of amides is 1. The van der Waals surface area contributed by atoms with Crippen LogP contribution >= 0.6 is 22.9 Å². The van der Waals surface area contributed by atoms with Crippen LogP contribution in [0.5, 0.6) is 0 Å². The molecule has 1 aromatic carbocycles. The van der Waals surface area contributed by atoms with Gasteiger partial charge in [-0.25, -0.2) is 18.4 Å². The van der Waals surface area contributed by atoms with E-state index in [-0.39, 0.29) is 22.7 Å². The van der Waals surface area contributed by atoms with Crippen molar-refractivity contribution in [2.45, 2.75) is 24.6 Å². The highest BCUT2D eigenvalue weighted by molar-refractivity contribution is 7.93. The van der Waals surface area contributed by atoms with Crippen molar-refractivity contribution in [3.05, 3.63) is 64.8 Å². The van der Waals surface area contributed by atoms with Crippen LogP contribution in [0.2, 0.25) is 5.02 Å². The van der Waals surface area contributed by atoms with Gasteiger partial charge in [0.1, 0.15) is 11.3 Å². The summed E-state index contributed by atoms with van der Waals surface area (Å²) in [6.07, 6.45) is 6.13. The van der Waals surface area contributed by atoms with Crippen molar-refractivity contribution in [1.29, 1.82) is 0 Å². The minimum atomic E-state index is -3.36. The van der Waals surface area contributed by atoms with Crippen molar-refractivity contribution in [2.75, 3.05) is 4.72 Å². The van der Waals surface area contributed by atoms with Crippen LogP contribution in [0.3, 0.4) is 0 Å². The smallest absolute Gasteiger partial charge is 0.280 e. The molecule has 1 fully saturated rings. The molecule has 1 aliphatic carbocycles. The Labute approximate surface area is 192 Å². The summed E-state index contributed by atoms with van der Waals surface area (Å²) in [5.74, 6) is -0.352. The number of nitrogens with zero attached hydrogens (tertiary/aromatic N) is 4. The number of pyridine rings is 1. The molecule has 0 saturated heterocycles. The maximum absolute atomic E-state index is 12.6. The number of carbonyl (C=O) groups is 1. The van der Waals surface area contributed by atoms with Crippen LogP contribution in [0, 0.1) is 0 Å². The molecule has 9 nitrogen and oxygen atoms in total. The number of thiazole rings is 1. The van der Waals surface area contributed by atoms with Crippen molar-refractivity contribution in [2.24, 2.45) is 0 Å². The summed E-state index contributed by atoms with van der Waals surface area (Å²) in [4.78, 5) is 25.3. The van der Waals surface area contributed by atoms with Gasteiger partial charge >= 0.3 is 0 Å². The number of anilines is 1. The minimum Gasteiger partial charge on any atom is -0.344 e. The molecule has 0 unspecified atom stereocenters. The lowest BCUT2D eigenvalue weighted by Crippen LogP contribution is -2.23. The monoisotopic (exact) mass is 488 g/mol. The number of aromatic nitrogens is 4. The Kier molecular flexibility index (Phi) is 5.31. The van der Waals surface area contributed by atoms with Crippen molar-refractivity contribution < 1.29 is 13.2 Å². The van der Waals surface area contributed by atoms with E-state index in [0.717, 1.165) is 16.0 Å². The van der Waals surface area contributed by atoms with E-state index in [1.165, 1.54) is 17.5 Å². The van der Waals surface area contributed by atoms with E-state index >= 15 is 0 Å². The number of hydrogen-bond donors (Lipinski definition) is 2. The molecule has 2 N–H and O–H groups in total. The molecule has 164 valence electrons. The first-order valence-corrected chi connectivity index (χ1v) is 12.5. The fourth-order valence-corrected chi connectivity index (χ4v) is 5.51. The zero-order chi connectivity index (χ0) is 22.3. The Hall–Kier alpha value is -3.02. The van der Waals surface area contributed by atoms with Gasteiger partial charge in [0, 0.05) is 11.2 Å². The van der Waals surface area contributed by atoms with Gasteiger partial charge < -0.3 is 5.32 Å². The zero-order valence-electron chi connectivity index (χ0n) is 16.5. The lowest BCUT2D eigenvalue weighted by molar-refractivity contribution is 0.0950. The second kappa shape index (κ2) is 8.15. The third-order valence-electron chi connectivity index (χ3n) is 4.90. The Balaban J connectivity index is 1.27. The highest BCUT2D eigenvalue weighted by Crippen LogP contribution is 2.29. The normalized spacial score (nSPS) is 13.9. The van der Waals surface area contributed by atoms with Gasteiger partial charge in [-0.15, -0.1) is 0 Å². The maximum Gasteiger partial charge on any atom is 0.280 e.